The number of carbonyl (C=O) groups is 1. The molecular weight excluding hydrogens is 425 g/mol. The van der Waals surface area contributed by atoms with E-state index < -0.39 is 24.2 Å². The highest BCUT2D eigenvalue weighted by Crippen LogP contribution is 2.45. The van der Waals surface area contributed by atoms with Crippen molar-refractivity contribution >= 4 is 17.4 Å². The van der Waals surface area contributed by atoms with Crippen LogP contribution in [0.1, 0.15) is 40.1 Å². The number of hydrogen-bond acceptors (Lipinski definition) is 5. The summed E-state index contributed by atoms with van der Waals surface area (Å²) in [6.07, 6.45) is -4.82. The smallest absolute Gasteiger partial charge is 0.410 e. The average molecular weight is 444 g/mol. The van der Waals surface area contributed by atoms with Crippen LogP contribution in [0.4, 0.5) is 24.7 Å². The van der Waals surface area contributed by atoms with Crippen LogP contribution in [0.15, 0.2) is 48.5 Å². The van der Waals surface area contributed by atoms with Crippen LogP contribution in [0.2, 0.25) is 0 Å². The molecule has 2 N–H and O–H groups in total. The molecule has 0 saturated heterocycles. The van der Waals surface area contributed by atoms with Crippen molar-refractivity contribution in [3.63, 3.8) is 0 Å². The molecule has 3 aromatic rings. The van der Waals surface area contributed by atoms with E-state index in [0.29, 0.717) is 22.7 Å². The number of alkyl halides is 3. The topological polar surface area (TPSA) is 77.4 Å². The Bertz CT molecular complexity index is 1170. The zero-order valence-corrected chi connectivity index (χ0v) is 16.9. The maximum absolute atomic E-state index is 13.9. The monoisotopic (exact) mass is 444 g/mol. The van der Waals surface area contributed by atoms with E-state index in [4.69, 9.17) is 9.47 Å². The second kappa shape index (κ2) is 7.47. The molecule has 0 saturated carbocycles. The molecule has 32 heavy (non-hydrogen) atoms. The fourth-order valence-corrected chi connectivity index (χ4v) is 3.86. The Labute approximate surface area is 181 Å². The molecule has 7 nitrogen and oxygen atoms in total. The van der Waals surface area contributed by atoms with Crippen molar-refractivity contribution in [1.29, 1.82) is 0 Å². The summed E-state index contributed by atoms with van der Waals surface area (Å²) in [7, 11) is 0. The number of aryl methyl sites for hydroxylation is 1. The second-order valence-corrected chi connectivity index (χ2v) is 7.78. The first kappa shape index (κ1) is 20.2. The number of ether oxygens (including phenoxy) is 2. The molecule has 0 bridgehead atoms. The third-order valence-corrected chi connectivity index (χ3v) is 5.53. The van der Waals surface area contributed by atoms with E-state index in [9.17, 15) is 18.0 Å². The van der Waals surface area contributed by atoms with Crippen LogP contribution in [0.5, 0.6) is 11.5 Å². The lowest BCUT2D eigenvalue weighted by Crippen LogP contribution is -2.35. The van der Waals surface area contributed by atoms with Crippen LogP contribution < -0.4 is 20.1 Å². The summed E-state index contributed by atoms with van der Waals surface area (Å²) < 4.78 is 53.1. The number of carbonyl (C=O) groups excluding carboxylic acids is 1. The molecule has 2 aliphatic rings. The Balaban J connectivity index is 1.44. The lowest BCUT2D eigenvalue weighted by atomic mass is 9.96. The molecule has 0 spiro atoms. The summed E-state index contributed by atoms with van der Waals surface area (Å²) in [5.41, 5.74) is 2.08. The largest absolute Gasteiger partial charge is 0.454 e. The molecule has 2 aliphatic heterocycles. The molecule has 2 atom stereocenters. The Morgan fingerprint density at radius 2 is 1.88 bits per heavy atom. The van der Waals surface area contributed by atoms with Gasteiger partial charge in [0.25, 0.3) is 5.91 Å². The van der Waals surface area contributed by atoms with Crippen LogP contribution in [0.3, 0.4) is 0 Å². The van der Waals surface area contributed by atoms with Gasteiger partial charge >= 0.3 is 6.18 Å². The van der Waals surface area contributed by atoms with E-state index in [1.165, 1.54) is 6.07 Å². The summed E-state index contributed by atoms with van der Waals surface area (Å²) in [4.78, 5) is 12.6. The van der Waals surface area contributed by atoms with Crippen LogP contribution in [0, 0.1) is 6.92 Å². The van der Waals surface area contributed by atoms with Gasteiger partial charge in [-0.1, -0.05) is 23.8 Å². The molecule has 2 aromatic carbocycles. The Kier molecular flexibility index (Phi) is 4.72. The highest BCUT2D eigenvalue weighted by atomic mass is 19.4. The van der Waals surface area contributed by atoms with Crippen molar-refractivity contribution in [3.8, 4) is 11.5 Å². The van der Waals surface area contributed by atoms with Gasteiger partial charge in [0.1, 0.15) is 5.82 Å². The summed E-state index contributed by atoms with van der Waals surface area (Å²) in [5.74, 6) is 0.579. The molecule has 10 heteroatoms. The van der Waals surface area contributed by atoms with E-state index >= 15 is 0 Å². The summed E-state index contributed by atoms with van der Waals surface area (Å²) in [5, 5.41) is 9.72. The van der Waals surface area contributed by atoms with Crippen molar-refractivity contribution < 1.29 is 27.4 Å². The SMILES string of the molecule is Cc1ccc(NC(=O)c2cc3n(n2)[C@@H](C(F)(F)F)C[C@@H](c2ccc4c(c2)OCO4)N3)cc1. The lowest BCUT2D eigenvalue weighted by molar-refractivity contribution is -0.173. The fourth-order valence-electron chi connectivity index (χ4n) is 3.86. The van der Waals surface area contributed by atoms with Crippen LogP contribution >= 0.6 is 0 Å². The van der Waals surface area contributed by atoms with E-state index in [1.54, 1.807) is 30.3 Å². The first-order valence-electron chi connectivity index (χ1n) is 9.98. The van der Waals surface area contributed by atoms with Crippen molar-refractivity contribution in [3.05, 3.63) is 65.4 Å². The van der Waals surface area contributed by atoms with E-state index in [1.807, 2.05) is 19.1 Å². The van der Waals surface area contributed by atoms with E-state index in [0.717, 1.165) is 10.2 Å². The first-order chi connectivity index (χ1) is 15.3. The Hall–Kier alpha value is -3.69. The van der Waals surface area contributed by atoms with Crippen molar-refractivity contribution in [1.82, 2.24) is 9.78 Å². The highest BCUT2D eigenvalue weighted by Gasteiger charge is 2.47. The van der Waals surface area contributed by atoms with Gasteiger partial charge < -0.3 is 20.1 Å². The van der Waals surface area contributed by atoms with Crippen LogP contribution in [-0.4, -0.2) is 28.7 Å². The third kappa shape index (κ3) is 3.72. The van der Waals surface area contributed by atoms with E-state index in [-0.39, 0.29) is 24.7 Å². The molecule has 5 rings (SSSR count). The maximum Gasteiger partial charge on any atom is 0.410 e. The molecule has 3 heterocycles. The fraction of sp³-hybridized carbons (Fsp3) is 0.273. The van der Waals surface area contributed by atoms with Gasteiger partial charge in [0.15, 0.2) is 23.2 Å². The van der Waals surface area contributed by atoms with Gasteiger partial charge in [0, 0.05) is 18.2 Å². The van der Waals surface area contributed by atoms with Gasteiger partial charge in [-0.3, -0.25) is 4.79 Å². The lowest BCUT2D eigenvalue weighted by Gasteiger charge is -2.33. The van der Waals surface area contributed by atoms with Crippen LogP contribution in [0.25, 0.3) is 0 Å². The molecule has 0 unspecified atom stereocenters. The molecule has 0 fully saturated rings. The number of amides is 1. The van der Waals surface area contributed by atoms with Gasteiger partial charge in [0.2, 0.25) is 6.79 Å². The highest BCUT2D eigenvalue weighted by molar-refractivity contribution is 6.03. The summed E-state index contributed by atoms with van der Waals surface area (Å²) in [6, 6.07) is 10.9. The van der Waals surface area contributed by atoms with Crippen LogP contribution in [-0.2, 0) is 0 Å². The number of fused-ring (bicyclic) bond motifs is 2. The minimum absolute atomic E-state index is 0.0777. The normalized spacial score (nSPS) is 19.2. The first-order valence-corrected chi connectivity index (χ1v) is 9.98. The van der Waals surface area contributed by atoms with E-state index in [2.05, 4.69) is 15.7 Å². The summed E-state index contributed by atoms with van der Waals surface area (Å²) >= 11 is 0. The number of rotatable bonds is 3. The van der Waals surface area contributed by atoms with Gasteiger partial charge in [-0.25, -0.2) is 4.68 Å². The van der Waals surface area contributed by atoms with Gasteiger partial charge in [0.05, 0.1) is 6.04 Å². The van der Waals surface area contributed by atoms with Crippen molar-refractivity contribution in [2.75, 3.05) is 17.4 Å². The van der Waals surface area contributed by atoms with Gasteiger partial charge in [-0.15, -0.1) is 0 Å². The molecule has 1 aromatic heterocycles. The number of anilines is 2. The third-order valence-electron chi connectivity index (χ3n) is 5.53. The molecule has 0 radical (unpaired) electrons. The quantitative estimate of drug-likeness (QED) is 0.605. The molecule has 166 valence electrons. The Morgan fingerprint density at radius 1 is 1.12 bits per heavy atom. The minimum atomic E-state index is -4.54. The number of hydrogen-bond donors (Lipinski definition) is 2. The Morgan fingerprint density at radius 3 is 2.62 bits per heavy atom. The zero-order valence-electron chi connectivity index (χ0n) is 16.9. The average Bonchev–Trinajstić information content (AvgIpc) is 3.40. The minimum Gasteiger partial charge on any atom is -0.454 e. The van der Waals surface area contributed by atoms with Crippen molar-refractivity contribution in [2.45, 2.75) is 31.6 Å². The molecular formula is C22H19F3N4O3. The predicted octanol–water partition coefficient (Wildman–Crippen LogP) is 4.83. The van der Waals surface area contributed by atoms with Gasteiger partial charge in [-0.2, -0.15) is 18.3 Å². The van der Waals surface area contributed by atoms with Gasteiger partial charge in [-0.05, 0) is 36.8 Å². The number of benzene rings is 2. The van der Waals surface area contributed by atoms with Crippen molar-refractivity contribution in [2.24, 2.45) is 0 Å². The number of aromatic nitrogens is 2. The number of nitrogens with one attached hydrogen (secondary N) is 2. The molecule has 1 amide bonds. The standard InChI is InChI=1S/C22H19F3N4O3/c1-12-2-5-14(6-3-12)26-21(30)16-10-20-27-15(9-19(22(23,24)25)29(20)28-16)13-4-7-17-18(8-13)32-11-31-17/h2-8,10,15,19,27H,9,11H2,1H3,(H,26,30)/t15-,19+/m0/s1. The second-order valence-electron chi connectivity index (χ2n) is 7.78. The predicted molar refractivity (Wildman–Crippen MR) is 110 cm³/mol. The zero-order chi connectivity index (χ0) is 22.5. The maximum atomic E-state index is 13.9. The number of halogens is 3. The summed E-state index contributed by atoms with van der Waals surface area (Å²) in [6.45, 7) is 1.99. The number of nitrogens with zero attached hydrogens (tertiary/aromatic N) is 2. The molecule has 0 aliphatic carbocycles.